The maximum atomic E-state index is 14.0. The van der Waals surface area contributed by atoms with Gasteiger partial charge in [-0.25, -0.2) is 18.7 Å². The lowest BCUT2D eigenvalue weighted by Gasteiger charge is -2.14. The van der Waals surface area contributed by atoms with Crippen LogP contribution in [0, 0.1) is 11.6 Å². The molecule has 0 atom stereocenters. The maximum absolute atomic E-state index is 14.0. The van der Waals surface area contributed by atoms with Gasteiger partial charge in [-0.3, -0.25) is 0 Å². The van der Waals surface area contributed by atoms with Crippen molar-refractivity contribution in [3.05, 3.63) is 94.5 Å². The molecule has 0 fully saturated rings. The number of halogens is 4. The third-order valence-corrected chi connectivity index (χ3v) is 8.49. The number of pyridine rings is 2. The summed E-state index contributed by atoms with van der Waals surface area (Å²) in [6.07, 6.45) is 4.03. The van der Waals surface area contributed by atoms with E-state index in [0.717, 1.165) is 120 Å². The summed E-state index contributed by atoms with van der Waals surface area (Å²) < 4.78 is 28.1. The van der Waals surface area contributed by atoms with Crippen LogP contribution in [0.5, 0.6) is 0 Å². The maximum Gasteiger partial charge on any atom is 0.124 e. The van der Waals surface area contributed by atoms with Gasteiger partial charge in [0.1, 0.15) is 11.6 Å². The Kier molecular flexibility index (Phi) is 10.6. The molecule has 238 valence electrons. The minimum atomic E-state index is -0.283. The first-order valence-corrected chi connectivity index (χ1v) is 16.5. The Bertz CT molecular complexity index is 1840. The number of rotatable bonds is 15. The summed E-state index contributed by atoms with van der Waals surface area (Å²) in [5.41, 5.74) is 4.82. The van der Waals surface area contributed by atoms with Crippen molar-refractivity contribution in [3.8, 4) is 0 Å². The van der Waals surface area contributed by atoms with Crippen LogP contribution >= 0.6 is 23.2 Å². The van der Waals surface area contributed by atoms with Gasteiger partial charge in [0.05, 0.1) is 33.4 Å². The van der Waals surface area contributed by atoms with Gasteiger partial charge in [0.2, 0.25) is 0 Å². The van der Waals surface area contributed by atoms with Crippen LogP contribution in [0.2, 0.25) is 10.0 Å². The molecule has 0 saturated carbocycles. The van der Waals surface area contributed by atoms with Gasteiger partial charge in [0.25, 0.3) is 0 Å². The summed E-state index contributed by atoms with van der Waals surface area (Å²) in [6.45, 7) is 5.20. The highest BCUT2D eigenvalue weighted by Gasteiger charge is 2.12. The normalized spacial score (nSPS) is 11.7. The van der Waals surface area contributed by atoms with Crippen molar-refractivity contribution >= 4 is 78.2 Å². The molecule has 0 unspecified atom stereocenters. The predicted molar refractivity (Wildman–Crippen MR) is 190 cm³/mol. The smallest absolute Gasteiger partial charge is 0.124 e. The van der Waals surface area contributed by atoms with Crippen LogP contribution in [0.25, 0.3) is 43.6 Å². The molecule has 2 heterocycles. The van der Waals surface area contributed by atoms with E-state index < -0.39 is 0 Å². The zero-order chi connectivity index (χ0) is 31.9. The number of anilines is 2. The number of fused-ring (bicyclic) bond motifs is 4. The fraction of sp³-hybridized carbons (Fsp3) is 0.278. The molecule has 0 aliphatic carbocycles. The summed E-state index contributed by atoms with van der Waals surface area (Å²) in [4.78, 5) is 9.33. The first-order chi connectivity index (χ1) is 22.5. The second-order valence-corrected chi connectivity index (χ2v) is 12.3. The average molecular weight is 662 g/mol. The van der Waals surface area contributed by atoms with E-state index in [4.69, 9.17) is 23.2 Å². The summed E-state index contributed by atoms with van der Waals surface area (Å²) in [5, 5.41) is 18.7. The number of aromatic nitrogens is 2. The molecule has 0 bridgehead atoms. The standard InChI is InChI=1S/C36H36Cl2F2N6/c37-23-5-9-27-33(19-23)45-31-11-7-25(39)21-29(31)35(27)43-17-3-15-41-13-1-2-14-42-16-4-18-44-36-28-10-6-24(38)20-34(28)46-32-12-8-26(40)22-30(32)36/h5-12,19-22,41-42H,1-4,13-18H2,(H,43,45)(H,44,46). The Morgan fingerprint density at radius 1 is 0.457 bits per heavy atom. The van der Waals surface area contributed by atoms with Crippen molar-refractivity contribution < 1.29 is 8.78 Å². The minimum absolute atomic E-state index is 0.283. The van der Waals surface area contributed by atoms with Crippen LogP contribution < -0.4 is 21.3 Å². The highest BCUT2D eigenvalue weighted by Crippen LogP contribution is 2.34. The fourth-order valence-electron chi connectivity index (χ4n) is 5.76. The van der Waals surface area contributed by atoms with Crippen LogP contribution in [0.4, 0.5) is 20.2 Å². The third-order valence-electron chi connectivity index (χ3n) is 8.02. The molecule has 6 nitrogen and oxygen atoms in total. The quantitative estimate of drug-likeness (QED) is 0.0651. The van der Waals surface area contributed by atoms with E-state index in [1.54, 1.807) is 12.1 Å². The van der Waals surface area contributed by atoms with E-state index in [9.17, 15) is 8.78 Å². The first kappa shape index (κ1) is 32.1. The SMILES string of the molecule is Fc1ccc2nc3cc(Cl)ccc3c(NCCCNCCCCNCCCNc3c4ccc(Cl)cc4nc4ccc(F)cc34)c2c1. The van der Waals surface area contributed by atoms with Crippen molar-refractivity contribution in [2.45, 2.75) is 25.7 Å². The molecule has 0 spiro atoms. The molecule has 0 radical (unpaired) electrons. The topological polar surface area (TPSA) is 73.9 Å². The average Bonchev–Trinajstić information content (AvgIpc) is 3.04. The van der Waals surface area contributed by atoms with E-state index >= 15 is 0 Å². The Balaban J connectivity index is 0.876. The highest BCUT2D eigenvalue weighted by atomic mass is 35.5. The van der Waals surface area contributed by atoms with Crippen LogP contribution in [0.15, 0.2) is 72.8 Å². The van der Waals surface area contributed by atoms with E-state index in [1.165, 1.54) is 24.3 Å². The number of nitrogens with zero attached hydrogens (tertiary/aromatic N) is 2. The fourth-order valence-corrected chi connectivity index (χ4v) is 6.10. The highest BCUT2D eigenvalue weighted by molar-refractivity contribution is 6.32. The zero-order valence-electron chi connectivity index (χ0n) is 25.4. The van der Waals surface area contributed by atoms with Gasteiger partial charge < -0.3 is 21.3 Å². The molecule has 0 amide bonds. The summed E-state index contributed by atoms with van der Waals surface area (Å²) in [7, 11) is 0. The number of unbranched alkanes of at least 4 members (excludes halogenated alkanes) is 1. The molecule has 0 aliphatic rings. The van der Waals surface area contributed by atoms with Gasteiger partial charge in [-0.05, 0) is 125 Å². The lowest BCUT2D eigenvalue weighted by molar-refractivity contribution is 0.573. The van der Waals surface area contributed by atoms with Gasteiger partial charge in [0, 0.05) is 44.7 Å². The predicted octanol–water partition coefficient (Wildman–Crippen LogP) is 8.94. The van der Waals surface area contributed by atoms with E-state index in [1.807, 2.05) is 36.4 Å². The van der Waals surface area contributed by atoms with Crippen LogP contribution in [0.3, 0.4) is 0 Å². The summed E-state index contributed by atoms with van der Waals surface area (Å²) >= 11 is 12.4. The minimum Gasteiger partial charge on any atom is -0.384 e. The molecule has 6 aromatic rings. The monoisotopic (exact) mass is 660 g/mol. The van der Waals surface area contributed by atoms with Crippen molar-refractivity contribution in [2.75, 3.05) is 49.9 Å². The Morgan fingerprint density at radius 2 is 0.891 bits per heavy atom. The van der Waals surface area contributed by atoms with Crippen molar-refractivity contribution in [1.82, 2.24) is 20.6 Å². The Morgan fingerprint density at radius 3 is 1.35 bits per heavy atom. The Labute approximate surface area is 276 Å². The molecule has 10 heteroatoms. The van der Waals surface area contributed by atoms with Crippen LogP contribution in [0.1, 0.15) is 25.7 Å². The van der Waals surface area contributed by atoms with Crippen molar-refractivity contribution in [2.24, 2.45) is 0 Å². The van der Waals surface area contributed by atoms with Crippen molar-refractivity contribution in [3.63, 3.8) is 0 Å². The molecule has 0 aliphatic heterocycles. The number of benzene rings is 4. The van der Waals surface area contributed by atoms with E-state index in [0.29, 0.717) is 10.0 Å². The number of hydrogen-bond acceptors (Lipinski definition) is 6. The zero-order valence-corrected chi connectivity index (χ0v) is 26.9. The lowest BCUT2D eigenvalue weighted by Crippen LogP contribution is -2.22. The molecule has 2 aromatic heterocycles. The molecule has 46 heavy (non-hydrogen) atoms. The van der Waals surface area contributed by atoms with Gasteiger partial charge in [-0.1, -0.05) is 23.2 Å². The van der Waals surface area contributed by atoms with Crippen LogP contribution in [-0.4, -0.2) is 49.2 Å². The second-order valence-electron chi connectivity index (χ2n) is 11.4. The third kappa shape index (κ3) is 7.76. The van der Waals surface area contributed by atoms with Gasteiger partial charge in [-0.15, -0.1) is 0 Å². The molecule has 4 N–H and O–H groups in total. The summed E-state index contributed by atoms with van der Waals surface area (Å²) in [5.74, 6) is -0.565. The molecular formula is C36H36Cl2F2N6. The lowest BCUT2D eigenvalue weighted by atomic mass is 10.1. The van der Waals surface area contributed by atoms with Crippen LogP contribution in [-0.2, 0) is 0 Å². The van der Waals surface area contributed by atoms with Gasteiger partial charge in [-0.2, -0.15) is 0 Å². The number of hydrogen-bond donors (Lipinski definition) is 4. The van der Waals surface area contributed by atoms with E-state index in [2.05, 4.69) is 31.2 Å². The van der Waals surface area contributed by atoms with Gasteiger partial charge >= 0.3 is 0 Å². The molecule has 6 rings (SSSR count). The largest absolute Gasteiger partial charge is 0.384 e. The van der Waals surface area contributed by atoms with Crippen molar-refractivity contribution in [1.29, 1.82) is 0 Å². The first-order valence-electron chi connectivity index (χ1n) is 15.7. The Hall–Kier alpha value is -3.82. The van der Waals surface area contributed by atoms with Gasteiger partial charge in [0.15, 0.2) is 0 Å². The summed E-state index contributed by atoms with van der Waals surface area (Å²) in [6, 6.07) is 20.5. The second kappa shape index (κ2) is 15.2. The molecule has 0 saturated heterocycles. The molecule has 4 aromatic carbocycles. The van der Waals surface area contributed by atoms with E-state index in [-0.39, 0.29) is 11.6 Å². The number of nitrogens with one attached hydrogen (secondary N) is 4. The molecular weight excluding hydrogens is 625 g/mol.